The molecule has 0 spiro atoms. The van der Waals surface area contributed by atoms with E-state index in [1.807, 2.05) is 6.07 Å². The van der Waals surface area contributed by atoms with Gasteiger partial charge in [0, 0.05) is 11.6 Å². The van der Waals surface area contributed by atoms with Gasteiger partial charge in [0.25, 0.3) is 5.56 Å². The average molecular weight is 261 g/mol. The first-order valence-corrected chi connectivity index (χ1v) is 5.93. The lowest BCUT2D eigenvalue weighted by molar-refractivity contribution is -0.137. The number of aromatic nitrogens is 3. The van der Waals surface area contributed by atoms with E-state index in [9.17, 15) is 9.59 Å². The quantitative estimate of drug-likeness (QED) is 0.746. The van der Waals surface area contributed by atoms with Crippen molar-refractivity contribution in [2.45, 2.75) is 6.54 Å². The molecule has 0 saturated carbocycles. The Morgan fingerprint density at radius 2 is 2.28 bits per heavy atom. The van der Waals surface area contributed by atoms with Gasteiger partial charge in [-0.2, -0.15) is 0 Å². The third-order valence-electron chi connectivity index (χ3n) is 2.53. The first kappa shape index (κ1) is 10.8. The Hall–Kier alpha value is -2.28. The minimum Gasteiger partial charge on any atom is -0.480 e. The highest BCUT2D eigenvalue weighted by Gasteiger charge is 2.12. The van der Waals surface area contributed by atoms with Crippen molar-refractivity contribution < 1.29 is 9.90 Å². The van der Waals surface area contributed by atoms with Crippen molar-refractivity contribution in [1.82, 2.24) is 14.5 Å². The van der Waals surface area contributed by atoms with Crippen LogP contribution in [-0.2, 0) is 11.3 Å². The van der Waals surface area contributed by atoms with E-state index in [2.05, 4.69) is 9.97 Å². The van der Waals surface area contributed by atoms with Gasteiger partial charge in [0.1, 0.15) is 16.1 Å². The van der Waals surface area contributed by atoms with Crippen molar-refractivity contribution in [3.05, 3.63) is 35.0 Å². The third kappa shape index (κ3) is 1.56. The van der Waals surface area contributed by atoms with Crippen LogP contribution in [0.5, 0.6) is 0 Å². The molecule has 3 heterocycles. The fourth-order valence-electron chi connectivity index (χ4n) is 1.76. The molecule has 6 nitrogen and oxygen atoms in total. The van der Waals surface area contributed by atoms with Gasteiger partial charge in [-0.15, -0.1) is 11.3 Å². The van der Waals surface area contributed by atoms with E-state index in [1.165, 1.54) is 17.7 Å². The zero-order valence-corrected chi connectivity index (χ0v) is 9.85. The van der Waals surface area contributed by atoms with Crippen molar-refractivity contribution in [2.24, 2.45) is 0 Å². The van der Waals surface area contributed by atoms with E-state index >= 15 is 0 Å². The summed E-state index contributed by atoms with van der Waals surface area (Å²) in [6.07, 6.45) is 2.91. The molecule has 3 rings (SSSR count). The molecule has 3 aromatic rings. The Labute approximate surface area is 104 Å². The maximum Gasteiger partial charge on any atom is 0.323 e. The van der Waals surface area contributed by atoms with E-state index in [1.54, 1.807) is 12.3 Å². The summed E-state index contributed by atoms with van der Waals surface area (Å²) < 4.78 is 1.52. The molecule has 90 valence electrons. The second-order valence-electron chi connectivity index (χ2n) is 3.71. The number of carboxylic acids is 1. The normalized spacial score (nSPS) is 11.1. The molecular formula is C11H7N3O3S. The van der Waals surface area contributed by atoms with Crippen LogP contribution in [0.25, 0.3) is 20.4 Å². The third-order valence-corrected chi connectivity index (χ3v) is 3.62. The Kier molecular flexibility index (Phi) is 2.34. The molecule has 0 atom stereocenters. The summed E-state index contributed by atoms with van der Waals surface area (Å²) >= 11 is 1.23. The fourth-order valence-corrected chi connectivity index (χ4v) is 2.81. The van der Waals surface area contributed by atoms with Crippen LogP contribution in [-0.4, -0.2) is 25.6 Å². The molecule has 3 aromatic heterocycles. The summed E-state index contributed by atoms with van der Waals surface area (Å²) in [6.45, 7) is -0.385. The molecule has 0 unspecified atom stereocenters. The Balaban J connectivity index is 2.35. The molecule has 0 aliphatic heterocycles. The number of carbonyl (C=O) groups is 1. The summed E-state index contributed by atoms with van der Waals surface area (Å²) in [5, 5.41) is 9.52. The summed E-state index contributed by atoms with van der Waals surface area (Å²) in [5.74, 6) is -1.07. The maximum atomic E-state index is 12.1. The lowest BCUT2D eigenvalue weighted by atomic mass is 10.3. The smallest absolute Gasteiger partial charge is 0.323 e. The van der Waals surface area contributed by atoms with Crippen LogP contribution >= 0.6 is 11.3 Å². The van der Waals surface area contributed by atoms with Gasteiger partial charge in [0.15, 0.2) is 0 Å². The SMILES string of the molecule is O=C(O)Cn1cnc2c(sc3ncccc32)c1=O. The first-order chi connectivity index (χ1) is 8.66. The molecule has 0 amide bonds. The molecule has 0 aliphatic carbocycles. The van der Waals surface area contributed by atoms with Crippen LogP contribution in [0.2, 0.25) is 0 Å². The number of hydrogen-bond acceptors (Lipinski definition) is 5. The van der Waals surface area contributed by atoms with Gasteiger partial charge in [-0.1, -0.05) is 0 Å². The van der Waals surface area contributed by atoms with Crippen molar-refractivity contribution in [3.8, 4) is 0 Å². The molecule has 0 aliphatic rings. The zero-order chi connectivity index (χ0) is 12.7. The van der Waals surface area contributed by atoms with Crippen LogP contribution in [0.1, 0.15) is 0 Å². The maximum absolute atomic E-state index is 12.1. The molecule has 0 radical (unpaired) electrons. The lowest BCUT2D eigenvalue weighted by Gasteiger charge is -2.00. The molecule has 0 bridgehead atoms. The number of nitrogens with zero attached hydrogens (tertiary/aromatic N) is 3. The van der Waals surface area contributed by atoms with E-state index in [-0.39, 0.29) is 12.1 Å². The van der Waals surface area contributed by atoms with Gasteiger partial charge in [0.2, 0.25) is 0 Å². The van der Waals surface area contributed by atoms with Gasteiger partial charge in [-0.3, -0.25) is 14.2 Å². The summed E-state index contributed by atoms with van der Waals surface area (Å²) in [7, 11) is 0. The number of thiophene rings is 1. The lowest BCUT2D eigenvalue weighted by Crippen LogP contribution is -2.23. The number of fused-ring (bicyclic) bond motifs is 3. The monoisotopic (exact) mass is 261 g/mol. The van der Waals surface area contributed by atoms with Gasteiger partial charge in [-0.25, -0.2) is 9.97 Å². The predicted octanol–water partition coefficient (Wildman–Crippen LogP) is 1.09. The van der Waals surface area contributed by atoms with Crippen LogP contribution in [0.15, 0.2) is 29.5 Å². The van der Waals surface area contributed by atoms with E-state index in [0.717, 1.165) is 14.8 Å². The van der Waals surface area contributed by atoms with E-state index < -0.39 is 5.97 Å². The minimum absolute atomic E-state index is 0.342. The summed E-state index contributed by atoms with van der Waals surface area (Å²) in [4.78, 5) is 31.8. The standard InChI is InChI=1S/C11H7N3O3S/c15-7(16)4-14-5-13-8-6-2-1-3-12-10(6)18-9(8)11(14)17/h1-3,5H,4H2,(H,15,16). The van der Waals surface area contributed by atoms with Crippen LogP contribution in [0.3, 0.4) is 0 Å². The van der Waals surface area contributed by atoms with Crippen LogP contribution < -0.4 is 5.56 Å². The van der Waals surface area contributed by atoms with Crippen molar-refractivity contribution in [1.29, 1.82) is 0 Å². The second-order valence-corrected chi connectivity index (χ2v) is 4.71. The van der Waals surface area contributed by atoms with Crippen molar-refractivity contribution >= 4 is 37.7 Å². The number of carboxylic acid groups (broad SMARTS) is 1. The second kappa shape index (κ2) is 3.88. The van der Waals surface area contributed by atoms with Gasteiger partial charge >= 0.3 is 5.97 Å². The minimum atomic E-state index is -1.07. The fraction of sp³-hybridized carbons (Fsp3) is 0.0909. The topological polar surface area (TPSA) is 85.1 Å². The average Bonchev–Trinajstić information content (AvgIpc) is 2.72. The molecule has 1 N–H and O–H groups in total. The molecule has 0 saturated heterocycles. The highest BCUT2D eigenvalue weighted by molar-refractivity contribution is 7.25. The van der Waals surface area contributed by atoms with Crippen LogP contribution in [0, 0.1) is 0 Å². The molecule has 18 heavy (non-hydrogen) atoms. The van der Waals surface area contributed by atoms with Crippen molar-refractivity contribution in [2.75, 3.05) is 0 Å². The highest BCUT2D eigenvalue weighted by atomic mass is 32.1. The van der Waals surface area contributed by atoms with Gasteiger partial charge in [0.05, 0.1) is 11.8 Å². The predicted molar refractivity (Wildman–Crippen MR) is 66.8 cm³/mol. The molecular weight excluding hydrogens is 254 g/mol. The molecule has 0 aromatic carbocycles. The van der Waals surface area contributed by atoms with Gasteiger partial charge < -0.3 is 5.11 Å². The number of aliphatic carboxylic acids is 1. The van der Waals surface area contributed by atoms with Crippen LogP contribution in [0.4, 0.5) is 0 Å². The number of rotatable bonds is 2. The Morgan fingerprint density at radius 1 is 1.44 bits per heavy atom. The summed E-state index contributed by atoms with van der Waals surface area (Å²) in [6, 6.07) is 3.62. The molecule has 0 fully saturated rings. The molecule has 7 heteroatoms. The van der Waals surface area contributed by atoms with E-state index in [4.69, 9.17) is 5.11 Å². The van der Waals surface area contributed by atoms with Gasteiger partial charge in [-0.05, 0) is 12.1 Å². The number of hydrogen-bond donors (Lipinski definition) is 1. The Bertz CT molecular complexity index is 821. The van der Waals surface area contributed by atoms with Crippen molar-refractivity contribution in [3.63, 3.8) is 0 Å². The van der Waals surface area contributed by atoms with E-state index in [0.29, 0.717) is 10.2 Å². The highest BCUT2D eigenvalue weighted by Crippen LogP contribution is 2.27. The summed E-state index contributed by atoms with van der Waals surface area (Å²) in [5.41, 5.74) is 0.236. The first-order valence-electron chi connectivity index (χ1n) is 5.11. The largest absolute Gasteiger partial charge is 0.480 e. The Morgan fingerprint density at radius 3 is 3.06 bits per heavy atom. The zero-order valence-electron chi connectivity index (χ0n) is 9.03. The number of pyridine rings is 1.